The minimum absolute atomic E-state index is 0.152. The van der Waals surface area contributed by atoms with E-state index in [1.165, 1.54) is 12.0 Å². The van der Waals surface area contributed by atoms with Crippen molar-refractivity contribution in [3.8, 4) is 0 Å². The predicted octanol–water partition coefficient (Wildman–Crippen LogP) is 4.19. The number of likely N-dealkylation sites (tertiary alicyclic amines) is 1. The van der Waals surface area contributed by atoms with Gasteiger partial charge in [-0.1, -0.05) is 48.5 Å². The molecule has 0 bridgehead atoms. The van der Waals surface area contributed by atoms with Crippen LogP contribution in [0.5, 0.6) is 0 Å². The Hall–Kier alpha value is -2.62. The number of benzene rings is 2. The van der Waals surface area contributed by atoms with Crippen LogP contribution in [0.25, 0.3) is 0 Å². The van der Waals surface area contributed by atoms with E-state index in [4.69, 9.17) is 0 Å². The maximum atomic E-state index is 12.7. The van der Waals surface area contributed by atoms with Crippen LogP contribution in [0.1, 0.15) is 55.1 Å². The number of nitrogens with one attached hydrogen (secondary N) is 1. The fourth-order valence-corrected chi connectivity index (χ4v) is 3.08. The summed E-state index contributed by atoms with van der Waals surface area (Å²) in [6.45, 7) is 4.68. The average molecular weight is 352 g/mol. The molecule has 2 aromatic rings. The molecule has 1 heterocycles. The van der Waals surface area contributed by atoms with Crippen molar-refractivity contribution in [3.63, 3.8) is 0 Å². The van der Waals surface area contributed by atoms with Gasteiger partial charge in [-0.05, 0) is 50.8 Å². The fourth-order valence-electron chi connectivity index (χ4n) is 3.08. The maximum Gasteiger partial charge on any atom is 0.254 e. The van der Waals surface area contributed by atoms with Gasteiger partial charge in [0.25, 0.3) is 5.91 Å². The van der Waals surface area contributed by atoms with Crippen LogP contribution in [0, 0.1) is 0 Å². The lowest BCUT2D eigenvalue weighted by Gasteiger charge is -2.36. The number of nitrogens with zero attached hydrogens (tertiary/aromatic N) is 1. The minimum Gasteiger partial charge on any atom is -0.357 e. The topological polar surface area (TPSA) is 49.4 Å². The van der Waals surface area contributed by atoms with Crippen LogP contribution in [0.2, 0.25) is 0 Å². The van der Waals surface area contributed by atoms with E-state index >= 15 is 0 Å². The Morgan fingerprint density at radius 3 is 2.19 bits per heavy atom. The molecular formula is C22H28N2O2. The van der Waals surface area contributed by atoms with Crippen LogP contribution in [0.4, 0.5) is 0 Å². The van der Waals surface area contributed by atoms with Crippen LogP contribution in [-0.4, -0.2) is 29.8 Å². The van der Waals surface area contributed by atoms with Crippen LogP contribution >= 0.6 is 0 Å². The van der Waals surface area contributed by atoms with E-state index < -0.39 is 0 Å². The normalized spacial score (nSPS) is 16.4. The zero-order valence-electron chi connectivity index (χ0n) is 15.6. The number of hydrogen-bond acceptors (Lipinski definition) is 2. The first-order valence-corrected chi connectivity index (χ1v) is 9.24. The Labute approximate surface area is 156 Å². The van der Waals surface area contributed by atoms with E-state index in [-0.39, 0.29) is 18.0 Å². The van der Waals surface area contributed by atoms with E-state index in [1.807, 2.05) is 55.1 Å². The summed E-state index contributed by atoms with van der Waals surface area (Å²) in [5.41, 5.74) is 2.03. The van der Waals surface area contributed by atoms with Gasteiger partial charge >= 0.3 is 0 Å². The molecule has 4 nitrogen and oxygen atoms in total. The van der Waals surface area contributed by atoms with Crippen molar-refractivity contribution in [3.05, 3.63) is 71.8 Å². The molecule has 1 N–H and O–H groups in total. The first kappa shape index (κ1) is 19.7. The second-order valence-corrected chi connectivity index (χ2v) is 6.73. The number of hydrogen-bond donors (Lipinski definition) is 1. The molecular weight excluding hydrogens is 324 g/mol. The highest BCUT2D eigenvalue weighted by atomic mass is 16.2. The van der Waals surface area contributed by atoms with E-state index in [0.29, 0.717) is 6.41 Å². The summed E-state index contributed by atoms with van der Waals surface area (Å²) in [6, 6.07) is 20.5. The second kappa shape index (κ2) is 10.4. The summed E-state index contributed by atoms with van der Waals surface area (Å²) in [5, 5.41) is 2.53. The van der Waals surface area contributed by atoms with Gasteiger partial charge in [0.1, 0.15) is 0 Å². The van der Waals surface area contributed by atoms with Crippen molar-refractivity contribution in [2.24, 2.45) is 0 Å². The smallest absolute Gasteiger partial charge is 0.254 e. The van der Waals surface area contributed by atoms with Gasteiger partial charge in [0.15, 0.2) is 0 Å². The molecule has 4 heteroatoms. The van der Waals surface area contributed by atoms with Gasteiger partial charge in [-0.25, -0.2) is 0 Å². The zero-order chi connectivity index (χ0) is 18.8. The fraction of sp³-hybridized carbons (Fsp3) is 0.364. The van der Waals surface area contributed by atoms with Crippen molar-refractivity contribution in [1.82, 2.24) is 10.2 Å². The molecule has 0 saturated carbocycles. The quantitative estimate of drug-likeness (QED) is 0.839. The number of piperidine rings is 1. The Kier molecular flexibility index (Phi) is 7.87. The third-order valence-electron chi connectivity index (χ3n) is 4.37. The molecule has 0 aliphatic carbocycles. The molecule has 0 aromatic heterocycles. The Morgan fingerprint density at radius 1 is 1.04 bits per heavy atom. The number of rotatable bonds is 4. The zero-order valence-corrected chi connectivity index (χ0v) is 15.6. The molecule has 26 heavy (non-hydrogen) atoms. The lowest BCUT2D eigenvalue weighted by Crippen LogP contribution is -2.38. The van der Waals surface area contributed by atoms with Gasteiger partial charge in [0, 0.05) is 18.2 Å². The summed E-state index contributed by atoms with van der Waals surface area (Å²) in [4.78, 5) is 24.2. The molecule has 138 valence electrons. The van der Waals surface area contributed by atoms with E-state index in [9.17, 15) is 9.59 Å². The molecule has 0 spiro atoms. The van der Waals surface area contributed by atoms with E-state index in [1.54, 1.807) is 0 Å². The van der Waals surface area contributed by atoms with Crippen molar-refractivity contribution in [2.45, 2.75) is 45.2 Å². The third-order valence-corrected chi connectivity index (χ3v) is 4.37. The standard InChI is InChI=1S/C18H19NO.C4H9NO/c20-18(16-11-5-2-6-12-16)19-14-8-7-13-17(19)15-9-3-1-4-10-15;1-4(2)5-3-6/h1-6,9-12,17H,7-8,13-14H2;3-4H,1-2H3,(H,5,6). The SMILES string of the molecule is CC(C)NC=O.O=C(c1ccccc1)N1CCCCC1c1ccccc1. The molecule has 2 aromatic carbocycles. The Morgan fingerprint density at radius 2 is 1.65 bits per heavy atom. The van der Waals surface area contributed by atoms with Crippen LogP contribution in [-0.2, 0) is 4.79 Å². The molecule has 1 unspecified atom stereocenters. The third kappa shape index (κ3) is 5.73. The van der Waals surface area contributed by atoms with Crippen molar-refractivity contribution in [1.29, 1.82) is 0 Å². The second-order valence-electron chi connectivity index (χ2n) is 6.73. The first-order valence-electron chi connectivity index (χ1n) is 9.24. The number of amides is 2. The highest BCUT2D eigenvalue weighted by Gasteiger charge is 2.28. The van der Waals surface area contributed by atoms with Gasteiger partial charge in [-0.15, -0.1) is 0 Å². The summed E-state index contributed by atoms with van der Waals surface area (Å²) in [6.07, 6.45) is 4.05. The first-order chi connectivity index (χ1) is 12.6. The Balaban J connectivity index is 0.000000352. The molecule has 0 radical (unpaired) electrons. The molecule has 1 fully saturated rings. The van der Waals surface area contributed by atoms with Gasteiger partial charge < -0.3 is 10.2 Å². The lowest BCUT2D eigenvalue weighted by molar-refractivity contribution is -0.109. The highest BCUT2D eigenvalue weighted by Crippen LogP contribution is 2.31. The van der Waals surface area contributed by atoms with Gasteiger partial charge in [0.05, 0.1) is 6.04 Å². The molecule has 2 amide bonds. The molecule has 1 aliphatic heterocycles. The largest absolute Gasteiger partial charge is 0.357 e. The van der Waals surface area contributed by atoms with Gasteiger partial charge in [-0.2, -0.15) is 0 Å². The van der Waals surface area contributed by atoms with Gasteiger partial charge in [0.2, 0.25) is 6.41 Å². The maximum absolute atomic E-state index is 12.7. The average Bonchev–Trinajstić information content (AvgIpc) is 2.69. The summed E-state index contributed by atoms with van der Waals surface area (Å²) < 4.78 is 0. The monoisotopic (exact) mass is 352 g/mol. The van der Waals surface area contributed by atoms with Crippen molar-refractivity contribution >= 4 is 12.3 Å². The minimum atomic E-state index is 0.152. The highest BCUT2D eigenvalue weighted by molar-refractivity contribution is 5.94. The van der Waals surface area contributed by atoms with E-state index in [0.717, 1.165) is 24.9 Å². The number of carbonyl (C=O) groups is 2. The van der Waals surface area contributed by atoms with Crippen molar-refractivity contribution in [2.75, 3.05) is 6.54 Å². The summed E-state index contributed by atoms with van der Waals surface area (Å²) in [7, 11) is 0. The molecule has 3 rings (SSSR count). The molecule has 1 saturated heterocycles. The summed E-state index contributed by atoms with van der Waals surface area (Å²) in [5.74, 6) is 0.152. The van der Waals surface area contributed by atoms with E-state index in [2.05, 4.69) is 29.6 Å². The molecule has 1 aliphatic rings. The number of carbonyl (C=O) groups excluding carboxylic acids is 2. The molecule has 1 atom stereocenters. The van der Waals surface area contributed by atoms with Gasteiger partial charge in [-0.3, -0.25) is 9.59 Å². The van der Waals surface area contributed by atoms with Crippen LogP contribution in [0.15, 0.2) is 60.7 Å². The van der Waals surface area contributed by atoms with Crippen LogP contribution < -0.4 is 5.32 Å². The lowest BCUT2D eigenvalue weighted by atomic mass is 9.94. The predicted molar refractivity (Wildman–Crippen MR) is 105 cm³/mol. The van der Waals surface area contributed by atoms with Crippen molar-refractivity contribution < 1.29 is 9.59 Å². The Bertz CT molecular complexity index is 671. The van der Waals surface area contributed by atoms with Crippen LogP contribution in [0.3, 0.4) is 0 Å². The summed E-state index contributed by atoms with van der Waals surface area (Å²) >= 11 is 0.